The van der Waals surface area contributed by atoms with E-state index in [-0.39, 0.29) is 20.1 Å². The van der Waals surface area contributed by atoms with Gasteiger partial charge in [-0.25, -0.2) is 0 Å². The van der Waals surface area contributed by atoms with Crippen LogP contribution in [0.5, 0.6) is 0 Å². The van der Waals surface area contributed by atoms with Crippen LogP contribution in [0.15, 0.2) is 0 Å². The van der Waals surface area contributed by atoms with Crippen LogP contribution in [0.4, 0.5) is 0 Å². The molecular weight excluding hydrogens is 438 g/mol. The zero-order chi connectivity index (χ0) is 14.6. The Kier molecular flexibility index (Phi) is 23.0. The van der Waals surface area contributed by atoms with Crippen molar-refractivity contribution in [1.82, 2.24) is 0 Å². The van der Waals surface area contributed by atoms with Crippen molar-refractivity contribution in [3.05, 3.63) is 0 Å². The molecule has 0 saturated carbocycles. The van der Waals surface area contributed by atoms with E-state index in [1.165, 1.54) is 0 Å². The standard InChI is InChI=1S/2CH6O6P2.Tc/c2*2-8(3)6-1-7-9(4)5;/h2*8-9H,1H2,(H,2,3)(H,4,5);/q;;+4/p-4. The Morgan fingerprint density at radius 3 is 0.842 bits per heavy atom. The minimum atomic E-state index is -3.32. The summed E-state index contributed by atoms with van der Waals surface area (Å²) in [5.74, 6) is 0. The molecule has 0 fully saturated rings. The molecule has 0 bridgehead atoms. The molecule has 12 nitrogen and oxygen atoms in total. The predicted octanol–water partition coefficient (Wildman–Crippen LogP) is -3.05. The molecule has 0 aliphatic heterocycles. The van der Waals surface area contributed by atoms with E-state index in [4.69, 9.17) is 0 Å². The minimum absolute atomic E-state index is 0. The second kappa shape index (κ2) is 17.3. The summed E-state index contributed by atoms with van der Waals surface area (Å²) in [5, 5.41) is 0. The molecule has 17 heteroatoms. The van der Waals surface area contributed by atoms with Gasteiger partial charge < -0.3 is 55.9 Å². The fourth-order valence-electron chi connectivity index (χ4n) is 0.251. The average molecular weight is 446 g/mol. The molecule has 0 amide bonds. The van der Waals surface area contributed by atoms with Crippen molar-refractivity contribution >= 4 is 33.0 Å². The van der Waals surface area contributed by atoms with Crippen molar-refractivity contribution < 1.29 is 76.0 Å². The van der Waals surface area contributed by atoms with Gasteiger partial charge in [-0.2, -0.15) is 0 Å². The zero-order valence-corrected chi connectivity index (χ0v) is 14.5. The second-order valence-electron chi connectivity index (χ2n) is 1.81. The van der Waals surface area contributed by atoms with Crippen LogP contribution in [-0.4, -0.2) is 13.6 Å². The van der Waals surface area contributed by atoms with Crippen molar-refractivity contribution in [2.45, 2.75) is 0 Å². The Morgan fingerprint density at radius 1 is 0.579 bits per heavy atom. The smallest absolute Gasteiger partial charge is 0.781 e. The maximum Gasteiger partial charge on any atom is 4.00 e. The Morgan fingerprint density at radius 2 is 0.737 bits per heavy atom. The minimum Gasteiger partial charge on any atom is -0.781 e. The third-order valence-electron chi connectivity index (χ3n) is 0.707. The summed E-state index contributed by atoms with van der Waals surface area (Å²) in [4.78, 5) is 38.2. The molecule has 115 valence electrons. The van der Waals surface area contributed by atoms with E-state index >= 15 is 0 Å². The maximum atomic E-state index is 9.56. The van der Waals surface area contributed by atoms with Gasteiger partial charge >= 0.3 is 20.1 Å². The molecule has 0 rings (SSSR count). The Balaban J connectivity index is -0.000000256. The van der Waals surface area contributed by atoms with Gasteiger partial charge in [-0.1, -0.05) is 0 Å². The van der Waals surface area contributed by atoms with E-state index in [0.717, 1.165) is 0 Å². The Bertz CT molecular complexity index is 248. The van der Waals surface area contributed by atoms with E-state index < -0.39 is 46.6 Å². The van der Waals surface area contributed by atoms with Gasteiger partial charge in [0, 0.05) is 0 Å². The van der Waals surface area contributed by atoms with Crippen LogP contribution in [0, 0.1) is 0 Å². The molecule has 0 saturated heterocycles. The molecule has 0 spiro atoms. The van der Waals surface area contributed by atoms with Crippen molar-refractivity contribution in [2.75, 3.05) is 13.6 Å². The molecular formula is C2H8O12P4Tc. The maximum absolute atomic E-state index is 9.56. The van der Waals surface area contributed by atoms with Crippen LogP contribution >= 0.6 is 33.0 Å². The van der Waals surface area contributed by atoms with Gasteiger partial charge in [-0.15, -0.1) is 0 Å². The first kappa shape index (κ1) is 25.2. The summed E-state index contributed by atoms with van der Waals surface area (Å²) in [7, 11) is -13.3. The first-order valence-corrected chi connectivity index (χ1v) is 8.50. The number of rotatable bonds is 8. The van der Waals surface area contributed by atoms with Crippen LogP contribution < -0.4 is 19.6 Å². The van der Waals surface area contributed by atoms with Gasteiger partial charge in [-0.3, -0.25) is 0 Å². The SMILES string of the molecule is O=[PH]([O-])OCO[PH](=O)[O-].O=[PH]([O-])OCO[PH](=O)[O-].[Tc+4]. The third kappa shape index (κ3) is 32.6. The molecule has 0 aliphatic carbocycles. The molecule has 4 atom stereocenters. The van der Waals surface area contributed by atoms with E-state index in [2.05, 4.69) is 18.1 Å². The van der Waals surface area contributed by atoms with Crippen molar-refractivity contribution in [3.8, 4) is 0 Å². The summed E-state index contributed by atoms with van der Waals surface area (Å²) < 4.78 is 53.2. The fourth-order valence-corrected chi connectivity index (χ4v) is 1.11. The summed E-state index contributed by atoms with van der Waals surface area (Å²) in [6.07, 6.45) is 0. The van der Waals surface area contributed by atoms with Crippen molar-refractivity contribution in [2.24, 2.45) is 0 Å². The van der Waals surface area contributed by atoms with Gasteiger partial charge in [0.1, 0.15) is 33.0 Å². The largest absolute Gasteiger partial charge is 4.00 e. The van der Waals surface area contributed by atoms with Crippen LogP contribution in [0.3, 0.4) is 0 Å². The van der Waals surface area contributed by atoms with Gasteiger partial charge in [0.05, 0.1) is 0 Å². The third-order valence-corrected chi connectivity index (χ3v) is 2.12. The van der Waals surface area contributed by atoms with E-state index in [9.17, 15) is 37.8 Å². The molecule has 1 radical (unpaired) electrons. The summed E-state index contributed by atoms with van der Waals surface area (Å²) >= 11 is 0. The molecule has 0 aromatic carbocycles. The Hall–Kier alpha value is 1.25. The summed E-state index contributed by atoms with van der Waals surface area (Å²) in [5.41, 5.74) is 0. The zero-order valence-electron chi connectivity index (χ0n) is 8.69. The van der Waals surface area contributed by atoms with E-state index in [1.807, 2.05) is 0 Å². The quantitative estimate of drug-likeness (QED) is 0.270. The topological polar surface area (TPSA) is 197 Å². The fraction of sp³-hybridized carbons (Fsp3) is 1.00. The molecule has 4 unspecified atom stereocenters. The van der Waals surface area contributed by atoms with Gasteiger partial charge in [0.15, 0.2) is 13.6 Å². The number of hydrogen-bond acceptors (Lipinski definition) is 12. The molecule has 0 N–H and O–H groups in total. The van der Waals surface area contributed by atoms with Crippen LogP contribution in [0.25, 0.3) is 0 Å². The normalized spacial score (nSPS) is 16.2. The van der Waals surface area contributed by atoms with Crippen LogP contribution in [-0.2, 0) is 56.5 Å². The monoisotopic (exact) mass is 445 g/mol. The van der Waals surface area contributed by atoms with Crippen LogP contribution in [0.1, 0.15) is 0 Å². The van der Waals surface area contributed by atoms with Gasteiger partial charge in [-0.05, 0) is 0 Å². The molecule has 0 heterocycles. The molecule has 0 aliphatic rings. The summed E-state index contributed by atoms with van der Waals surface area (Å²) in [6.45, 7) is -1.49. The van der Waals surface area contributed by atoms with Gasteiger partial charge in [0.25, 0.3) is 0 Å². The average Bonchev–Trinajstić information content (AvgIpc) is 2.15. The summed E-state index contributed by atoms with van der Waals surface area (Å²) in [6, 6.07) is 0. The van der Waals surface area contributed by atoms with Crippen molar-refractivity contribution in [3.63, 3.8) is 0 Å². The number of hydrogen-bond donors (Lipinski definition) is 0. The molecule has 0 aromatic heterocycles. The second-order valence-corrected chi connectivity index (χ2v) is 4.97. The molecule has 0 aromatic rings. The van der Waals surface area contributed by atoms with E-state index in [1.54, 1.807) is 0 Å². The van der Waals surface area contributed by atoms with E-state index in [0.29, 0.717) is 0 Å². The molecule has 19 heavy (non-hydrogen) atoms. The van der Waals surface area contributed by atoms with Crippen molar-refractivity contribution in [1.29, 1.82) is 0 Å². The first-order chi connectivity index (χ1) is 8.25. The Labute approximate surface area is 123 Å². The predicted molar refractivity (Wildman–Crippen MR) is 50.1 cm³/mol. The van der Waals surface area contributed by atoms with Crippen LogP contribution in [0.2, 0.25) is 0 Å². The first-order valence-electron chi connectivity index (χ1n) is 3.60. The van der Waals surface area contributed by atoms with Gasteiger partial charge in [0.2, 0.25) is 0 Å².